The second-order valence-electron chi connectivity index (χ2n) is 10.6. The number of hydrogen-bond donors (Lipinski definition) is 1. The van der Waals surface area contributed by atoms with Crippen LogP contribution in [0.25, 0.3) is 0 Å². The number of ether oxygens (including phenoxy) is 1. The van der Waals surface area contributed by atoms with Crippen LogP contribution in [-0.4, -0.2) is 74.6 Å². The Bertz CT molecular complexity index is 492. The van der Waals surface area contributed by atoms with E-state index in [1.165, 1.54) is 95.6 Å². The van der Waals surface area contributed by atoms with Crippen molar-refractivity contribution in [3.63, 3.8) is 0 Å². The zero-order valence-corrected chi connectivity index (χ0v) is 25.6. The van der Waals surface area contributed by atoms with Crippen LogP contribution in [-0.2, 0) is 13.8 Å². The third kappa shape index (κ3) is 25.9. The molecular formula is C26H57NO4PS2+. The summed E-state index contributed by atoms with van der Waals surface area (Å²) in [7, 11) is 7.83. The van der Waals surface area contributed by atoms with E-state index in [-0.39, 0.29) is 5.92 Å². The molecule has 0 saturated heterocycles. The van der Waals surface area contributed by atoms with E-state index in [9.17, 15) is 9.46 Å². The largest absolute Gasteiger partial charge is 0.386 e. The molecule has 0 aliphatic carbocycles. The molecule has 0 aliphatic rings. The summed E-state index contributed by atoms with van der Waals surface area (Å²) in [6, 6.07) is 0. The summed E-state index contributed by atoms with van der Waals surface area (Å²) < 4.78 is 23.6. The second kappa shape index (κ2) is 22.9. The van der Waals surface area contributed by atoms with Crippen LogP contribution in [0, 0.1) is 5.92 Å². The number of likely N-dealkylation sites (N-methyl/N-ethyl adjacent to an activating group) is 1. The summed E-state index contributed by atoms with van der Waals surface area (Å²) >= 11 is 3.00. The molecule has 0 saturated carbocycles. The summed E-state index contributed by atoms with van der Waals surface area (Å²) in [5.41, 5.74) is 0. The predicted octanol–water partition coefficient (Wildman–Crippen LogP) is 8.02. The topological polar surface area (TPSA) is 55.8 Å². The smallest absolute Gasteiger partial charge is 0.384 e. The second-order valence-corrected chi connectivity index (χ2v) is 15.7. The van der Waals surface area contributed by atoms with E-state index in [4.69, 9.17) is 9.26 Å². The number of unbranched alkanes of at least 4 members (excludes halogenated alkanes) is 13. The third-order valence-electron chi connectivity index (χ3n) is 5.89. The molecule has 1 N–H and O–H groups in total. The minimum atomic E-state index is -3.59. The zero-order valence-electron chi connectivity index (χ0n) is 23.1. The summed E-state index contributed by atoms with van der Waals surface area (Å²) in [6.45, 7) is 0.322. The van der Waals surface area contributed by atoms with E-state index in [1.54, 1.807) is 7.11 Å². The first kappa shape index (κ1) is 34.8. The van der Waals surface area contributed by atoms with E-state index in [1.807, 2.05) is 32.9 Å². The minimum Gasteiger partial charge on any atom is -0.384 e. The van der Waals surface area contributed by atoms with Crippen molar-refractivity contribution in [3.05, 3.63) is 0 Å². The SMILES string of the molecule is CCCCCCCCCCCCCCCCSCC(COC)CSP(=O)(O)OCC[N+](C)(C)C. The Hall–Kier alpha value is 0.770. The maximum atomic E-state index is 12.3. The van der Waals surface area contributed by atoms with Gasteiger partial charge in [0.2, 0.25) is 0 Å². The average molecular weight is 543 g/mol. The lowest BCUT2D eigenvalue weighted by molar-refractivity contribution is -0.870. The first-order chi connectivity index (χ1) is 16.2. The van der Waals surface area contributed by atoms with Gasteiger partial charge in [-0.2, -0.15) is 11.8 Å². The van der Waals surface area contributed by atoms with Gasteiger partial charge in [-0.05, 0) is 29.3 Å². The molecule has 2 atom stereocenters. The first-order valence-electron chi connectivity index (χ1n) is 13.7. The van der Waals surface area contributed by atoms with E-state index in [0.717, 1.165) is 17.1 Å². The van der Waals surface area contributed by atoms with Crippen molar-refractivity contribution in [3.8, 4) is 0 Å². The van der Waals surface area contributed by atoms with Gasteiger partial charge in [0.15, 0.2) is 0 Å². The van der Waals surface area contributed by atoms with Crippen LogP contribution < -0.4 is 0 Å². The molecule has 0 spiro atoms. The van der Waals surface area contributed by atoms with Gasteiger partial charge in [0.25, 0.3) is 0 Å². The lowest BCUT2D eigenvalue weighted by Crippen LogP contribution is -2.37. The van der Waals surface area contributed by atoms with Crippen molar-refractivity contribution in [1.29, 1.82) is 0 Å². The molecule has 0 aromatic carbocycles. The molecule has 2 unspecified atom stereocenters. The summed E-state index contributed by atoms with van der Waals surface area (Å²) in [4.78, 5) is 10.1. The van der Waals surface area contributed by atoms with Gasteiger partial charge in [0.05, 0.1) is 27.7 Å². The highest BCUT2D eigenvalue weighted by molar-refractivity contribution is 8.54. The van der Waals surface area contributed by atoms with Crippen LogP contribution >= 0.6 is 29.9 Å². The van der Waals surface area contributed by atoms with Gasteiger partial charge < -0.3 is 14.1 Å². The Labute approximate surface area is 220 Å². The quantitative estimate of drug-likeness (QED) is 0.0678. The normalized spacial score (nSPS) is 14.9. The summed E-state index contributed by atoms with van der Waals surface area (Å²) in [5.74, 6) is 3.00. The zero-order chi connectivity index (χ0) is 25.5. The Kier molecular flexibility index (Phi) is 23.4. The van der Waals surface area contributed by atoms with Crippen LogP contribution in [0.3, 0.4) is 0 Å². The van der Waals surface area contributed by atoms with Gasteiger partial charge in [0, 0.05) is 18.8 Å². The molecule has 0 aliphatic heterocycles. The van der Waals surface area contributed by atoms with Crippen LogP contribution in [0.2, 0.25) is 0 Å². The Morgan fingerprint density at radius 3 is 1.79 bits per heavy atom. The first-order valence-corrected chi connectivity index (χ1v) is 18.0. The fourth-order valence-electron chi connectivity index (χ4n) is 3.70. The van der Waals surface area contributed by atoms with Crippen molar-refractivity contribution in [2.45, 2.75) is 96.8 Å². The maximum absolute atomic E-state index is 12.3. The molecule has 0 fully saturated rings. The molecule has 34 heavy (non-hydrogen) atoms. The van der Waals surface area contributed by atoms with Gasteiger partial charge in [-0.1, -0.05) is 90.4 Å². The third-order valence-corrected chi connectivity index (χ3v) is 10.4. The highest BCUT2D eigenvalue weighted by Crippen LogP contribution is 2.56. The fourth-order valence-corrected chi connectivity index (χ4v) is 7.61. The number of hydrogen-bond acceptors (Lipinski definition) is 5. The van der Waals surface area contributed by atoms with Crippen LogP contribution in [0.4, 0.5) is 0 Å². The number of methoxy groups -OCH3 is 1. The van der Waals surface area contributed by atoms with Gasteiger partial charge >= 0.3 is 6.80 Å². The van der Waals surface area contributed by atoms with E-state index < -0.39 is 6.80 Å². The average Bonchev–Trinajstić information content (AvgIpc) is 2.76. The molecule has 0 aromatic heterocycles. The van der Waals surface area contributed by atoms with Gasteiger partial charge in [-0.25, -0.2) is 4.57 Å². The van der Waals surface area contributed by atoms with Crippen molar-refractivity contribution in [2.75, 3.05) is 65.3 Å². The van der Waals surface area contributed by atoms with Gasteiger partial charge in [0.1, 0.15) is 13.2 Å². The van der Waals surface area contributed by atoms with E-state index >= 15 is 0 Å². The molecule has 5 nitrogen and oxygen atoms in total. The van der Waals surface area contributed by atoms with Crippen LogP contribution in [0.1, 0.15) is 96.8 Å². The fraction of sp³-hybridized carbons (Fsp3) is 1.00. The molecule has 206 valence electrons. The van der Waals surface area contributed by atoms with E-state index in [0.29, 0.717) is 30.0 Å². The molecule has 0 heterocycles. The maximum Gasteiger partial charge on any atom is 0.386 e. The van der Waals surface area contributed by atoms with Gasteiger partial charge in [-0.3, -0.25) is 4.52 Å². The molecule has 0 rings (SSSR count). The standard InChI is InChI=1S/C26H56NO4PS2/c1-6-7-8-9-10-11-12-13-14-15-16-17-18-19-22-33-24-26(23-30-5)25-34-32(28,29)31-21-20-27(2,3)4/h26H,6-25H2,1-5H3/p+1. The number of nitrogens with zero attached hydrogens (tertiary/aromatic N) is 1. The van der Waals surface area contributed by atoms with Crippen LogP contribution in [0.5, 0.6) is 0 Å². The number of rotatable bonds is 26. The van der Waals surface area contributed by atoms with Crippen molar-refractivity contribution >= 4 is 29.9 Å². The molecule has 0 radical (unpaired) electrons. The Balaban J connectivity index is 3.65. The molecule has 0 bridgehead atoms. The molecule has 0 aromatic rings. The summed E-state index contributed by atoms with van der Waals surface area (Å²) in [6.07, 6.45) is 19.5. The Morgan fingerprint density at radius 2 is 1.32 bits per heavy atom. The number of thioether (sulfide) groups is 1. The van der Waals surface area contributed by atoms with Crippen molar-refractivity contribution in [1.82, 2.24) is 0 Å². The lowest BCUT2D eigenvalue weighted by atomic mass is 10.0. The Morgan fingerprint density at radius 1 is 0.824 bits per heavy atom. The van der Waals surface area contributed by atoms with E-state index in [2.05, 4.69) is 6.92 Å². The molecular weight excluding hydrogens is 485 g/mol. The highest BCUT2D eigenvalue weighted by Gasteiger charge is 2.24. The molecule has 8 heteroatoms. The lowest BCUT2D eigenvalue weighted by Gasteiger charge is -2.24. The van der Waals surface area contributed by atoms with Crippen molar-refractivity contribution in [2.24, 2.45) is 5.92 Å². The van der Waals surface area contributed by atoms with Crippen LogP contribution in [0.15, 0.2) is 0 Å². The predicted molar refractivity (Wildman–Crippen MR) is 154 cm³/mol. The summed E-state index contributed by atoms with van der Waals surface area (Å²) in [5, 5.41) is 0. The van der Waals surface area contributed by atoms with Crippen molar-refractivity contribution < 1.29 is 23.2 Å². The monoisotopic (exact) mass is 542 g/mol. The number of quaternary nitrogens is 1. The molecule has 0 amide bonds. The highest BCUT2D eigenvalue weighted by atomic mass is 32.7. The van der Waals surface area contributed by atoms with Gasteiger partial charge in [-0.15, -0.1) is 0 Å². The minimum absolute atomic E-state index is 0.272.